The van der Waals surface area contributed by atoms with E-state index >= 15 is 0 Å². The van der Waals surface area contributed by atoms with Crippen molar-refractivity contribution in [2.75, 3.05) is 39.2 Å². The van der Waals surface area contributed by atoms with Crippen molar-refractivity contribution in [2.45, 2.75) is 25.9 Å². The highest BCUT2D eigenvalue weighted by Gasteiger charge is 2.30. The van der Waals surface area contributed by atoms with E-state index in [4.69, 9.17) is 9.47 Å². The molecule has 132 valence electrons. The molecular formula is C16H24N4O4. The highest BCUT2D eigenvalue weighted by atomic mass is 16.6. The van der Waals surface area contributed by atoms with Crippen molar-refractivity contribution in [1.82, 2.24) is 15.2 Å². The number of alkyl carbamates (subject to hydrolysis) is 1. The van der Waals surface area contributed by atoms with Crippen LogP contribution in [0.25, 0.3) is 0 Å². The molecule has 0 atom stereocenters. The van der Waals surface area contributed by atoms with Crippen molar-refractivity contribution >= 4 is 17.8 Å². The Hall–Kier alpha value is -2.51. The SMILES string of the molecule is CNC(=O)OC(C)(C)Cc1cnc(OC)c(N2CCN(C)C2=O)c1. The first-order chi connectivity index (χ1) is 11.3. The number of likely N-dealkylation sites (N-methyl/N-ethyl adjacent to an activating group) is 1. The first-order valence-corrected chi connectivity index (χ1v) is 7.73. The number of amides is 3. The van der Waals surface area contributed by atoms with Crippen LogP contribution in [0.15, 0.2) is 12.3 Å². The van der Waals surface area contributed by atoms with E-state index in [0.717, 1.165) is 5.56 Å². The number of aromatic nitrogens is 1. The zero-order valence-electron chi connectivity index (χ0n) is 14.8. The lowest BCUT2D eigenvalue weighted by Crippen LogP contribution is -2.35. The van der Waals surface area contributed by atoms with E-state index in [1.54, 1.807) is 23.0 Å². The third kappa shape index (κ3) is 3.87. The summed E-state index contributed by atoms with van der Waals surface area (Å²) in [7, 11) is 4.79. The van der Waals surface area contributed by atoms with E-state index in [1.807, 2.05) is 19.9 Å². The van der Waals surface area contributed by atoms with Crippen molar-refractivity contribution in [3.05, 3.63) is 17.8 Å². The van der Waals surface area contributed by atoms with Crippen LogP contribution >= 0.6 is 0 Å². The summed E-state index contributed by atoms with van der Waals surface area (Å²) in [5.41, 5.74) is 0.765. The molecule has 8 nitrogen and oxygen atoms in total. The number of nitrogens with one attached hydrogen (secondary N) is 1. The van der Waals surface area contributed by atoms with Crippen molar-refractivity contribution in [3.63, 3.8) is 0 Å². The lowest BCUT2D eigenvalue weighted by Gasteiger charge is -2.26. The fraction of sp³-hybridized carbons (Fsp3) is 0.562. The topological polar surface area (TPSA) is 84.0 Å². The Balaban J connectivity index is 2.25. The molecule has 0 bridgehead atoms. The standard InChI is InChI=1S/C16H24N4O4/c1-16(2,24-14(21)17-3)9-11-8-12(13(23-5)18-10-11)20-7-6-19(4)15(20)22/h8,10H,6-7,9H2,1-5H3,(H,17,21). The van der Waals surface area contributed by atoms with Crippen LogP contribution in [-0.2, 0) is 11.2 Å². The number of methoxy groups -OCH3 is 1. The fourth-order valence-electron chi connectivity index (χ4n) is 2.63. The smallest absolute Gasteiger partial charge is 0.407 e. The third-order valence-electron chi connectivity index (χ3n) is 3.79. The largest absolute Gasteiger partial charge is 0.480 e. The monoisotopic (exact) mass is 336 g/mol. The third-order valence-corrected chi connectivity index (χ3v) is 3.79. The van der Waals surface area contributed by atoms with Gasteiger partial charge in [0.25, 0.3) is 0 Å². The molecule has 0 aliphatic carbocycles. The minimum Gasteiger partial charge on any atom is -0.480 e. The first-order valence-electron chi connectivity index (χ1n) is 7.73. The zero-order chi connectivity index (χ0) is 17.9. The lowest BCUT2D eigenvalue weighted by atomic mass is 9.99. The van der Waals surface area contributed by atoms with Crippen molar-refractivity contribution in [2.24, 2.45) is 0 Å². The van der Waals surface area contributed by atoms with E-state index in [-0.39, 0.29) is 6.03 Å². The molecule has 1 aliphatic heterocycles. The highest BCUT2D eigenvalue weighted by Crippen LogP contribution is 2.31. The van der Waals surface area contributed by atoms with Crippen molar-refractivity contribution < 1.29 is 19.1 Å². The van der Waals surface area contributed by atoms with Gasteiger partial charge in [0.05, 0.1) is 7.11 Å². The summed E-state index contributed by atoms with van der Waals surface area (Å²) >= 11 is 0. The molecule has 1 aliphatic rings. The van der Waals surface area contributed by atoms with Crippen LogP contribution in [0.3, 0.4) is 0 Å². The summed E-state index contributed by atoms with van der Waals surface area (Å²) in [6.45, 7) is 4.87. The predicted octanol–water partition coefficient (Wildman–Crippen LogP) is 1.64. The fourth-order valence-corrected chi connectivity index (χ4v) is 2.63. The van der Waals surface area contributed by atoms with Gasteiger partial charge < -0.3 is 19.7 Å². The van der Waals surface area contributed by atoms with Crippen LogP contribution in [-0.4, -0.2) is 61.9 Å². The summed E-state index contributed by atoms with van der Waals surface area (Å²) in [5.74, 6) is 0.396. The predicted molar refractivity (Wildman–Crippen MR) is 89.5 cm³/mol. The molecule has 0 radical (unpaired) electrons. The molecule has 2 rings (SSSR count). The lowest BCUT2D eigenvalue weighted by molar-refractivity contribution is 0.0406. The Morgan fingerprint density at radius 1 is 1.42 bits per heavy atom. The number of carbonyl (C=O) groups excluding carboxylic acids is 2. The molecule has 3 amide bonds. The second-order valence-corrected chi connectivity index (χ2v) is 6.30. The average Bonchev–Trinajstić information content (AvgIpc) is 2.85. The van der Waals surface area contributed by atoms with Gasteiger partial charge in [0.1, 0.15) is 11.3 Å². The molecule has 24 heavy (non-hydrogen) atoms. The Labute approximate surface area is 141 Å². The number of hydrogen-bond donors (Lipinski definition) is 1. The Bertz CT molecular complexity index is 633. The molecule has 2 heterocycles. The van der Waals surface area contributed by atoms with E-state index in [1.165, 1.54) is 14.2 Å². The number of urea groups is 1. The van der Waals surface area contributed by atoms with Gasteiger partial charge in [-0.1, -0.05) is 0 Å². The summed E-state index contributed by atoms with van der Waals surface area (Å²) < 4.78 is 10.6. The number of pyridine rings is 1. The summed E-state index contributed by atoms with van der Waals surface area (Å²) in [5, 5.41) is 2.44. The van der Waals surface area contributed by atoms with Gasteiger partial charge in [-0.25, -0.2) is 14.6 Å². The maximum atomic E-state index is 12.2. The second-order valence-electron chi connectivity index (χ2n) is 6.30. The molecule has 0 aromatic carbocycles. The molecule has 1 aromatic rings. The van der Waals surface area contributed by atoms with Gasteiger partial charge in [-0.05, 0) is 25.5 Å². The Morgan fingerprint density at radius 2 is 2.12 bits per heavy atom. The number of rotatable bonds is 5. The first kappa shape index (κ1) is 17.8. The zero-order valence-corrected chi connectivity index (χ0v) is 14.8. The highest BCUT2D eigenvalue weighted by molar-refractivity contribution is 5.95. The number of carbonyl (C=O) groups is 2. The molecule has 1 saturated heterocycles. The molecular weight excluding hydrogens is 312 g/mol. The molecule has 8 heteroatoms. The summed E-state index contributed by atoms with van der Waals surface area (Å²) in [6.07, 6.45) is 1.64. The maximum Gasteiger partial charge on any atom is 0.407 e. The molecule has 1 N–H and O–H groups in total. The Kier molecular flexibility index (Phi) is 5.16. The van der Waals surface area contributed by atoms with Gasteiger partial charge >= 0.3 is 12.1 Å². The number of ether oxygens (including phenoxy) is 2. The van der Waals surface area contributed by atoms with Crippen LogP contribution in [0.4, 0.5) is 15.3 Å². The average molecular weight is 336 g/mol. The van der Waals surface area contributed by atoms with Crippen LogP contribution in [0.1, 0.15) is 19.4 Å². The minimum absolute atomic E-state index is 0.0897. The van der Waals surface area contributed by atoms with E-state index in [2.05, 4.69) is 10.3 Å². The van der Waals surface area contributed by atoms with Gasteiger partial charge in [-0.2, -0.15) is 0 Å². The Morgan fingerprint density at radius 3 is 2.67 bits per heavy atom. The molecule has 0 unspecified atom stereocenters. The van der Waals surface area contributed by atoms with Crippen LogP contribution < -0.4 is 15.0 Å². The normalized spacial score (nSPS) is 14.8. The minimum atomic E-state index is -0.709. The van der Waals surface area contributed by atoms with Crippen LogP contribution in [0.2, 0.25) is 0 Å². The van der Waals surface area contributed by atoms with Crippen molar-refractivity contribution in [1.29, 1.82) is 0 Å². The molecule has 1 fully saturated rings. The second kappa shape index (κ2) is 6.94. The number of anilines is 1. The van der Waals surface area contributed by atoms with Gasteiger partial charge in [0.15, 0.2) is 0 Å². The number of hydrogen-bond acceptors (Lipinski definition) is 5. The maximum absolute atomic E-state index is 12.2. The molecule has 0 saturated carbocycles. The van der Waals surface area contributed by atoms with E-state index < -0.39 is 11.7 Å². The van der Waals surface area contributed by atoms with Gasteiger partial charge in [-0.3, -0.25) is 4.90 Å². The quantitative estimate of drug-likeness (QED) is 0.884. The van der Waals surface area contributed by atoms with Crippen molar-refractivity contribution in [3.8, 4) is 5.88 Å². The molecule has 1 aromatic heterocycles. The number of nitrogens with zero attached hydrogens (tertiary/aromatic N) is 3. The van der Waals surface area contributed by atoms with Gasteiger partial charge in [0, 0.05) is 39.8 Å². The van der Waals surface area contributed by atoms with Gasteiger partial charge in [-0.15, -0.1) is 0 Å². The van der Waals surface area contributed by atoms with Crippen LogP contribution in [0.5, 0.6) is 5.88 Å². The van der Waals surface area contributed by atoms with Gasteiger partial charge in [0.2, 0.25) is 5.88 Å². The van der Waals surface area contributed by atoms with Crippen LogP contribution in [0, 0.1) is 0 Å². The summed E-state index contributed by atoms with van der Waals surface area (Å²) in [4.78, 5) is 31.3. The molecule has 0 spiro atoms. The summed E-state index contributed by atoms with van der Waals surface area (Å²) in [6, 6.07) is 1.77. The van der Waals surface area contributed by atoms with E-state index in [0.29, 0.717) is 31.1 Å². The van der Waals surface area contributed by atoms with E-state index in [9.17, 15) is 9.59 Å².